The number of benzene rings is 1. The molecule has 0 atom stereocenters. The van der Waals surface area contributed by atoms with E-state index in [-0.39, 0.29) is 11.7 Å². The number of aromatic nitrogens is 1. The summed E-state index contributed by atoms with van der Waals surface area (Å²) in [4.78, 5) is 14.8. The number of carbonyl (C=O) groups is 1. The smallest absolute Gasteiger partial charge is 0.404 e. The Bertz CT molecular complexity index is 672. The molecule has 2 aromatic rings. The van der Waals surface area contributed by atoms with E-state index in [0.29, 0.717) is 18.1 Å². The van der Waals surface area contributed by atoms with Crippen LogP contribution in [0, 0.1) is 0 Å². The highest BCUT2D eigenvalue weighted by atomic mass is 19.4. The highest BCUT2D eigenvalue weighted by molar-refractivity contribution is 5.88. The van der Waals surface area contributed by atoms with Crippen molar-refractivity contribution in [3.8, 4) is 5.75 Å². The standard InChI is InChI=1S/C15H14F3N3O2/c1-10(22)21-12-4-2-3-11(7-12)8-19-14-6-5-13(9-20-14)23-15(16,17)18/h2-7,9H,8H2,1H3,(H,19,20)(H,21,22). The number of carbonyl (C=O) groups excluding carboxylic acids is 1. The number of pyridine rings is 1. The van der Waals surface area contributed by atoms with Crippen molar-refractivity contribution < 1.29 is 22.7 Å². The summed E-state index contributed by atoms with van der Waals surface area (Å²) >= 11 is 0. The van der Waals surface area contributed by atoms with Crippen molar-refractivity contribution >= 4 is 17.4 Å². The molecule has 122 valence electrons. The van der Waals surface area contributed by atoms with Crippen LogP contribution in [0.5, 0.6) is 5.75 Å². The molecule has 0 aliphatic carbocycles. The summed E-state index contributed by atoms with van der Waals surface area (Å²) in [5, 5.41) is 5.64. The molecular formula is C15H14F3N3O2. The Labute approximate surface area is 130 Å². The lowest BCUT2D eigenvalue weighted by Crippen LogP contribution is -2.17. The Hall–Kier alpha value is -2.77. The molecule has 1 amide bonds. The van der Waals surface area contributed by atoms with Crippen LogP contribution in [0.3, 0.4) is 0 Å². The van der Waals surface area contributed by atoms with Crippen LogP contribution >= 0.6 is 0 Å². The average Bonchev–Trinajstić information content (AvgIpc) is 2.45. The number of rotatable bonds is 5. The van der Waals surface area contributed by atoms with E-state index in [9.17, 15) is 18.0 Å². The van der Waals surface area contributed by atoms with Gasteiger partial charge in [-0.1, -0.05) is 12.1 Å². The van der Waals surface area contributed by atoms with Gasteiger partial charge in [0.25, 0.3) is 0 Å². The van der Waals surface area contributed by atoms with Gasteiger partial charge in [0.15, 0.2) is 0 Å². The summed E-state index contributed by atoms with van der Waals surface area (Å²) in [7, 11) is 0. The lowest BCUT2D eigenvalue weighted by molar-refractivity contribution is -0.274. The van der Waals surface area contributed by atoms with Crippen LogP contribution < -0.4 is 15.4 Å². The minimum Gasteiger partial charge on any atom is -0.404 e. The summed E-state index contributed by atoms with van der Waals surface area (Å²) in [6, 6.07) is 9.74. The lowest BCUT2D eigenvalue weighted by Gasteiger charge is -2.10. The van der Waals surface area contributed by atoms with E-state index >= 15 is 0 Å². The predicted octanol–water partition coefficient (Wildman–Crippen LogP) is 3.55. The van der Waals surface area contributed by atoms with Gasteiger partial charge in [-0.15, -0.1) is 13.2 Å². The van der Waals surface area contributed by atoms with Gasteiger partial charge in [0.05, 0.1) is 6.20 Å². The summed E-state index contributed by atoms with van der Waals surface area (Å²) in [5.41, 5.74) is 1.55. The number of nitrogens with zero attached hydrogens (tertiary/aromatic N) is 1. The monoisotopic (exact) mass is 325 g/mol. The number of alkyl halides is 3. The largest absolute Gasteiger partial charge is 0.573 e. The molecule has 2 N–H and O–H groups in total. The minimum atomic E-state index is -4.74. The van der Waals surface area contributed by atoms with Gasteiger partial charge in [-0.05, 0) is 29.8 Å². The molecule has 1 heterocycles. The van der Waals surface area contributed by atoms with E-state index in [0.717, 1.165) is 11.8 Å². The van der Waals surface area contributed by atoms with Gasteiger partial charge < -0.3 is 15.4 Å². The fourth-order valence-corrected chi connectivity index (χ4v) is 1.83. The summed E-state index contributed by atoms with van der Waals surface area (Å²) < 4.78 is 39.9. The second-order valence-electron chi connectivity index (χ2n) is 4.66. The molecule has 23 heavy (non-hydrogen) atoms. The molecule has 8 heteroatoms. The molecule has 0 radical (unpaired) electrons. The van der Waals surface area contributed by atoms with Crippen LogP contribution in [0.4, 0.5) is 24.7 Å². The van der Waals surface area contributed by atoms with Gasteiger partial charge in [-0.3, -0.25) is 4.79 Å². The molecule has 0 saturated carbocycles. The van der Waals surface area contributed by atoms with Crippen molar-refractivity contribution in [1.29, 1.82) is 0 Å². The molecule has 5 nitrogen and oxygen atoms in total. The summed E-state index contributed by atoms with van der Waals surface area (Å²) in [6.07, 6.45) is -3.75. The quantitative estimate of drug-likeness (QED) is 0.882. The van der Waals surface area contributed by atoms with Crippen molar-refractivity contribution in [2.24, 2.45) is 0 Å². The minimum absolute atomic E-state index is 0.169. The maximum Gasteiger partial charge on any atom is 0.573 e. The lowest BCUT2D eigenvalue weighted by atomic mass is 10.2. The first-order chi connectivity index (χ1) is 10.8. The van der Waals surface area contributed by atoms with E-state index in [4.69, 9.17) is 0 Å². The number of nitrogens with one attached hydrogen (secondary N) is 2. The number of hydrogen-bond acceptors (Lipinski definition) is 4. The molecule has 0 fully saturated rings. The third-order valence-electron chi connectivity index (χ3n) is 2.69. The first kappa shape index (κ1) is 16.6. The Morgan fingerprint density at radius 3 is 2.65 bits per heavy atom. The Balaban J connectivity index is 1.94. The van der Waals surface area contributed by atoms with Crippen LogP contribution in [0.2, 0.25) is 0 Å². The topological polar surface area (TPSA) is 63.2 Å². The zero-order chi connectivity index (χ0) is 16.9. The third-order valence-corrected chi connectivity index (χ3v) is 2.69. The maximum absolute atomic E-state index is 12.0. The fourth-order valence-electron chi connectivity index (χ4n) is 1.83. The Morgan fingerprint density at radius 2 is 2.04 bits per heavy atom. The summed E-state index contributed by atoms with van der Waals surface area (Å²) in [5.74, 6) is -0.141. The van der Waals surface area contributed by atoms with Gasteiger partial charge in [-0.2, -0.15) is 0 Å². The van der Waals surface area contributed by atoms with Gasteiger partial charge in [0.2, 0.25) is 5.91 Å². The highest BCUT2D eigenvalue weighted by Gasteiger charge is 2.31. The first-order valence-electron chi connectivity index (χ1n) is 6.64. The predicted molar refractivity (Wildman–Crippen MR) is 79.0 cm³/mol. The molecule has 0 saturated heterocycles. The number of hydrogen-bond donors (Lipinski definition) is 2. The number of ether oxygens (including phenoxy) is 1. The second kappa shape index (κ2) is 6.99. The fraction of sp³-hybridized carbons (Fsp3) is 0.200. The number of halogens is 3. The molecule has 0 aliphatic rings. The van der Waals surface area contributed by atoms with Gasteiger partial charge >= 0.3 is 6.36 Å². The van der Waals surface area contributed by atoms with Crippen molar-refractivity contribution in [1.82, 2.24) is 4.98 Å². The van der Waals surface area contributed by atoms with Gasteiger partial charge in [0.1, 0.15) is 11.6 Å². The zero-order valence-electron chi connectivity index (χ0n) is 12.1. The SMILES string of the molecule is CC(=O)Nc1cccc(CNc2ccc(OC(F)(F)F)cn2)c1. The van der Waals surface area contributed by atoms with Crippen LogP contribution in [0.15, 0.2) is 42.6 Å². The maximum atomic E-state index is 12.0. The second-order valence-corrected chi connectivity index (χ2v) is 4.66. The molecule has 0 bridgehead atoms. The Kier molecular flexibility index (Phi) is 5.05. The normalized spacial score (nSPS) is 11.0. The van der Waals surface area contributed by atoms with Crippen LogP contribution in [-0.4, -0.2) is 17.3 Å². The van der Waals surface area contributed by atoms with Gasteiger partial charge in [0, 0.05) is 19.2 Å². The molecule has 0 aliphatic heterocycles. The Morgan fingerprint density at radius 1 is 1.26 bits per heavy atom. The van der Waals surface area contributed by atoms with Crippen LogP contribution in [0.25, 0.3) is 0 Å². The molecular weight excluding hydrogens is 311 g/mol. The van der Waals surface area contributed by atoms with E-state index in [1.807, 2.05) is 6.07 Å². The molecule has 1 aromatic heterocycles. The molecule has 1 aromatic carbocycles. The average molecular weight is 325 g/mol. The van der Waals surface area contributed by atoms with Gasteiger partial charge in [-0.25, -0.2) is 4.98 Å². The number of amides is 1. The van der Waals surface area contributed by atoms with E-state index in [2.05, 4.69) is 20.4 Å². The van der Waals surface area contributed by atoms with E-state index in [1.54, 1.807) is 18.2 Å². The first-order valence-corrected chi connectivity index (χ1v) is 6.64. The third kappa shape index (κ3) is 5.85. The highest BCUT2D eigenvalue weighted by Crippen LogP contribution is 2.22. The van der Waals surface area contributed by atoms with Crippen LogP contribution in [0.1, 0.15) is 12.5 Å². The van der Waals surface area contributed by atoms with Crippen molar-refractivity contribution in [2.75, 3.05) is 10.6 Å². The number of anilines is 2. The zero-order valence-corrected chi connectivity index (χ0v) is 12.1. The van der Waals surface area contributed by atoms with Crippen molar-refractivity contribution in [2.45, 2.75) is 19.8 Å². The van der Waals surface area contributed by atoms with Crippen LogP contribution in [-0.2, 0) is 11.3 Å². The molecule has 0 spiro atoms. The molecule has 0 unspecified atom stereocenters. The van der Waals surface area contributed by atoms with E-state index < -0.39 is 6.36 Å². The van der Waals surface area contributed by atoms with Crippen molar-refractivity contribution in [3.05, 3.63) is 48.2 Å². The van der Waals surface area contributed by atoms with E-state index in [1.165, 1.54) is 19.1 Å². The van der Waals surface area contributed by atoms with Crippen molar-refractivity contribution in [3.63, 3.8) is 0 Å². The summed E-state index contributed by atoms with van der Waals surface area (Å²) in [6.45, 7) is 1.82. The molecule has 2 rings (SSSR count).